The Balaban J connectivity index is 2.00. The molecule has 1 aromatic carbocycles. The molecule has 1 aromatic rings. The first-order valence-corrected chi connectivity index (χ1v) is 6.75. The monoisotopic (exact) mass is 263 g/mol. The van der Waals surface area contributed by atoms with Crippen LogP contribution in [0, 0.1) is 0 Å². The first-order chi connectivity index (χ1) is 9.26. The number of anilines is 1. The third-order valence-electron chi connectivity index (χ3n) is 3.19. The van der Waals surface area contributed by atoms with Crippen LogP contribution in [-0.2, 0) is 0 Å². The number of benzene rings is 1. The number of rotatable bonds is 6. The summed E-state index contributed by atoms with van der Waals surface area (Å²) in [6, 6.07) is 7.71. The average Bonchev–Trinajstić information content (AvgIpc) is 2.79. The standard InChI is InChI=1S/C14H21N3O2/c1-2-19-13-6-4-12(5-7-13)17-11-10-16(14(17)18)9-3-8-15/h4-7H,2-3,8-11,15H2,1H3. The number of hydrogen-bond acceptors (Lipinski definition) is 3. The summed E-state index contributed by atoms with van der Waals surface area (Å²) in [7, 11) is 0. The smallest absolute Gasteiger partial charge is 0.324 e. The van der Waals surface area contributed by atoms with E-state index in [1.807, 2.05) is 36.1 Å². The molecule has 0 unspecified atom stereocenters. The van der Waals surface area contributed by atoms with E-state index in [-0.39, 0.29) is 6.03 Å². The lowest BCUT2D eigenvalue weighted by molar-refractivity contribution is 0.220. The molecule has 1 saturated heterocycles. The Morgan fingerprint density at radius 2 is 2.00 bits per heavy atom. The predicted molar refractivity (Wildman–Crippen MR) is 75.6 cm³/mol. The maximum Gasteiger partial charge on any atom is 0.324 e. The molecule has 0 spiro atoms. The summed E-state index contributed by atoms with van der Waals surface area (Å²) in [5.41, 5.74) is 6.40. The van der Waals surface area contributed by atoms with Gasteiger partial charge in [0.15, 0.2) is 0 Å². The topological polar surface area (TPSA) is 58.8 Å². The van der Waals surface area contributed by atoms with Crippen molar-refractivity contribution in [2.75, 3.05) is 37.7 Å². The van der Waals surface area contributed by atoms with E-state index < -0.39 is 0 Å². The second-order valence-corrected chi connectivity index (χ2v) is 4.49. The molecule has 0 bridgehead atoms. The Kier molecular flexibility index (Phi) is 4.63. The van der Waals surface area contributed by atoms with E-state index in [4.69, 9.17) is 10.5 Å². The van der Waals surface area contributed by atoms with Crippen molar-refractivity contribution in [3.8, 4) is 5.75 Å². The van der Waals surface area contributed by atoms with Crippen molar-refractivity contribution >= 4 is 11.7 Å². The molecule has 19 heavy (non-hydrogen) atoms. The zero-order valence-electron chi connectivity index (χ0n) is 11.3. The Morgan fingerprint density at radius 1 is 1.26 bits per heavy atom. The van der Waals surface area contributed by atoms with Crippen molar-refractivity contribution in [3.05, 3.63) is 24.3 Å². The number of carbonyl (C=O) groups is 1. The van der Waals surface area contributed by atoms with Crippen LogP contribution < -0.4 is 15.4 Å². The highest BCUT2D eigenvalue weighted by molar-refractivity contribution is 5.94. The van der Waals surface area contributed by atoms with Crippen LogP contribution in [0.25, 0.3) is 0 Å². The molecule has 2 N–H and O–H groups in total. The summed E-state index contributed by atoms with van der Waals surface area (Å²) in [6.07, 6.45) is 0.850. The van der Waals surface area contributed by atoms with Crippen LogP contribution in [0.5, 0.6) is 5.75 Å². The van der Waals surface area contributed by atoms with Gasteiger partial charge in [-0.2, -0.15) is 0 Å². The van der Waals surface area contributed by atoms with Gasteiger partial charge in [0.25, 0.3) is 0 Å². The van der Waals surface area contributed by atoms with Crippen LogP contribution >= 0.6 is 0 Å². The minimum absolute atomic E-state index is 0.0672. The highest BCUT2D eigenvalue weighted by Crippen LogP contribution is 2.23. The quantitative estimate of drug-likeness (QED) is 0.849. The van der Waals surface area contributed by atoms with Crippen LogP contribution in [0.3, 0.4) is 0 Å². The summed E-state index contributed by atoms with van der Waals surface area (Å²) in [6.45, 7) is 5.46. The molecule has 2 amide bonds. The van der Waals surface area contributed by atoms with Gasteiger partial charge in [0, 0.05) is 25.3 Å². The molecule has 104 valence electrons. The minimum Gasteiger partial charge on any atom is -0.494 e. The van der Waals surface area contributed by atoms with Crippen molar-refractivity contribution in [2.45, 2.75) is 13.3 Å². The average molecular weight is 263 g/mol. The second kappa shape index (κ2) is 6.43. The first kappa shape index (κ1) is 13.7. The Bertz CT molecular complexity index is 419. The third kappa shape index (κ3) is 3.17. The number of ether oxygens (including phenoxy) is 1. The van der Waals surface area contributed by atoms with Gasteiger partial charge >= 0.3 is 6.03 Å². The van der Waals surface area contributed by atoms with Gasteiger partial charge in [-0.05, 0) is 44.2 Å². The van der Waals surface area contributed by atoms with E-state index in [1.54, 1.807) is 4.90 Å². The molecule has 1 aliphatic heterocycles. The lowest BCUT2D eigenvalue weighted by Gasteiger charge is -2.18. The molecular weight excluding hydrogens is 242 g/mol. The van der Waals surface area contributed by atoms with Gasteiger partial charge in [0.1, 0.15) is 5.75 Å². The van der Waals surface area contributed by atoms with Crippen molar-refractivity contribution in [3.63, 3.8) is 0 Å². The number of amides is 2. The Labute approximate surface area is 113 Å². The first-order valence-electron chi connectivity index (χ1n) is 6.75. The number of hydrogen-bond donors (Lipinski definition) is 1. The molecule has 1 aliphatic rings. The molecule has 0 atom stereocenters. The van der Waals surface area contributed by atoms with Crippen molar-refractivity contribution < 1.29 is 9.53 Å². The molecule has 0 saturated carbocycles. The maximum absolute atomic E-state index is 12.2. The summed E-state index contributed by atoms with van der Waals surface area (Å²) in [4.78, 5) is 15.9. The van der Waals surface area contributed by atoms with E-state index in [1.165, 1.54) is 0 Å². The van der Waals surface area contributed by atoms with Gasteiger partial charge in [-0.3, -0.25) is 4.90 Å². The fourth-order valence-electron chi connectivity index (χ4n) is 2.20. The largest absolute Gasteiger partial charge is 0.494 e. The van der Waals surface area contributed by atoms with Crippen molar-refractivity contribution in [1.82, 2.24) is 4.90 Å². The van der Waals surface area contributed by atoms with Crippen LogP contribution in [0.1, 0.15) is 13.3 Å². The van der Waals surface area contributed by atoms with Gasteiger partial charge in [0.2, 0.25) is 0 Å². The predicted octanol–water partition coefficient (Wildman–Crippen LogP) is 1.68. The normalized spacial score (nSPS) is 15.2. The fraction of sp³-hybridized carbons (Fsp3) is 0.500. The molecule has 5 nitrogen and oxygen atoms in total. The van der Waals surface area contributed by atoms with Gasteiger partial charge in [-0.15, -0.1) is 0 Å². The highest BCUT2D eigenvalue weighted by Gasteiger charge is 2.28. The van der Waals surface area contributed by atoms with Gasteiger partial charge < -0.3 is 15.4 Å². The Hall–Kier alpha value is -1.75. The molecule has 1 fully saturated rings. The number of nitrogens with zero attached hydrogens (tertiary/aromatic N) is 2. The number of urea groups is 1. The number of nitrogens with two attached hydrogens (primary N) is 1. The van der Waals surface area contributed by atoms with E-state index in [0.717, 1.165) is 37.5 Å². The van der Waals surface area contributed by atoms with Crippen LogP contribution in [0.4, 0.5) is 10.5 Å². The van der Waals surface area contributed by atoms with Gasteiger partial charge in [-0.1, -0.05) is 0 Å². The third-order valence-corrected chi connectivity index (χ3v) is 3.19. The molecule has 1 heterocycles. The van der Waals surface area contributed by atoms with E-state index in [2.05, 4.69) is 0 Å². The molecule has 0 radical (unpaired) electrons. The van der Waals surface area contributed by atoms with Crippen LogP contribution in [0.15, 0.2) is 24.3 Å². The van der Waals surface area contributed by atoms with E-state index in [9.17, 15) is 4.79 Å². The highest BCUT2D eigenvalue weighted by atomic mass is 16.5. The zero-order chi connectivity index (χ0) is 13.7. The molecule has 0 aliphatic carbocycles. The van der Waals surface area contributed by atoms with Crippen LogP contribution in [0.2, 0.25) is 0 Å². The molecule has 0 aromatic heterocycles. The molecule has 2 rings (SSSR count). The lowest BCUT2D eigenvalue weighted by atomic mass is 10.3. The summed E-state index contributed by atoms with van der Waals surface area (Å²) >= 11 is 0. The SMILES string of the molecule is CCOc1ccc(N2CCN(CCCN)C2=O)cc1. The number of carbonyl (C=O) groups excluding carboxylic acids is 1. The molecule has 5 heteroatoms. The Morgan fingerprint density at radius 3 is 2.63 bits per heavy atom. The fourth-order valence-corrected chi connectivity index (χ4v) is 2.20. The lowest BCUT2D eigenvalue weighted by Crippen LogP contribution is -2.33. The zero-order valence-corrected chi connectivity index (χ0v) is 11.3. The summed E-state index contributed by atoms with van der Waals surface area (Å²) in [5, 5.41) is 0. The van der Waals surface area contributed by atoms with Gasteiger partial charge in [0.05, 0.1) is 6.61 Å². The summed E-state index contributed by atoms with van der Waals surface area (Å²) < 4.78 is 5.40. The second-order valence-electron chi connectivity index (χ2n) is 4.49. The van der Waals surface area contributed by atoms with Crippen molar-refractivity contribution in [1.29, 1.82) is 0 Å². The van der Waals surface area contributed by atoms with Gasteiger partial charge in [-0.25, -0.2) is 4.79 Å². The maximum atomic E-state index is 12.2. The van der Waals surface area contributed by atoms with Crippen LogP contribution in [-0.4, -0.2) is 43.7 Å². The molecular formula is C14H21N3O2. The van der Waals surface area contributed by atoms with E-state index >= 15 is 0 Å². The summed E-state index contributed by atoms with van der Waals surface area (Å²) in [5.74, 6) is 0.831. The van der Waals surface area contributed by atoms with E-state index in [0.29, 0.717) is 13.2 Å². The van der Waals surface area contributed by atoms with Crippen molar-refractivity contribution in [2.24, 2.45) is 5.73 Å². The minimum atomic E-state index is 0.0672.